The minimum Gasteiger partial charge on any atom is -0.351 e. The predicted molar refractivity (Wildman–Crippen MR) is 117 cm³/mol. The van der Waals surface area contributed by atoms with Gasteiger partial charge in [-0.2, -0.15) is 11.8 Å². The number of nitrogens with one attached hydrogen (secondary N) is 1. The molecule has 28 heavy (non-hydrogen) atoms. The standard InChI is InChI=1S/C22H24N4OS/c1-25-12-10-15-14-16(8-9-19(15)25)22(27)24-18(11-13-28-3)21-23-17-6-4-5-7-20(17)26(21)2/h4-10,12,14,18H,11,13H2,1-3H3,(H,24,27)/t18-/m1/s1. The number of nitrogens with zero attached hydrogens (tertiary/aromatic N) is 3. The van der Waals surface area contributed by atoms with E-state index < -0.39 is 0 Å². The van der Waals surface area contributed by atoms with Crippen LogP contribution in [0.5, 0.6) is 0 Å². The van der Waals surface area contributed by atoms with Gasteiger partial charge >= 0.3 is 0 Å². The second-order valence-electron chi connectivity index (χ2n) is 7.03. The third kappa shape index (κ3) is 3.40. The van der Waals surface area contributed by atoms with Gasteiger partial charge in [-0.25, -0.2) is 4.98 Å². The van der Waals surface area contributed by atoms with Crippen molar-refractivity contribution >= 4 is 39.6 Å². The van der Waals surface area contributed by atoms with E-state index in [1.165, 1.54) is 0 Å². The van der Waals surface area contributed by atoms with E-state index >= 15 is 0 Å². The molecule has 2 heterocycles. The van der Waals surface area contributed by atoms with Crippen LogP contribution in [0.15, 0.2) is 54.7 Å². The first-order valence-corrected chi connectivity index (χ1v) is 10.7. The maximum Gasteiger partial charge on any atom is 0.251 e. The summed E-state index contributed by atoms with van der Waals surface area (Å²) in [7, 11) is 4.02. The van der Waals surface area contributed by atoms with Gasteiger partial charge in [0.05, 0.1) is 17.1 Å². The minimum absolute atomic E-state index is 0.0658. The molecule has 0 aliphatic rings. The Balaban J connectivity index is 1.64. The molecule has 0 saturated carbocycles. The number of imidazole rings is 1. The molecular weight excluding hydrogens is 368 g/mol. The number of para-hydroxylation sites is 2. The van der Waals surface area contributed by atoms with Crippen LogP contribution in [0.1, 0.15) is 28.6 Å². The molecule has 2 aromatic carbocycles. The van der Waals surface area contributed by atoms with Crippen LogP contribution < -0.4 is 5.32 Å². The minimum atomic E-state index is -0.135. The summed E-state index contributed by atoms with van der Waals surface area (Å²) < 4.78 is 4.14. The van der Waals surface area contributed by atoms with Gasteiger partial charge < -0.3 is 14.5 Å². The van der Waals surface area contributed by atoms with Gasteiger partial charge in [-0.1, -0.05) is 12.1 Å². The number of fused-ring (bicyclic) bond motifs is 2. The van der Waals surface area contributed by atoms with Crippen LogP contribution in [0.25, 0.3) is 21.9 Å². The Morgan fingerprint density at radius 1 is 1.14 bits per heavy atom. The molecule has 4 rings (SSSR count). The molecule has 1 N–H and O–H groups in total. The number of carbonyl (C=O) groups is 1. The van der Waals surface area contributed by atoms with Crippen molar-refractivity contribution in [2.24, 2.45) is 14.1 Å². The molecule has 6 heteroatoms. The number of aryl methyl sites for hydroxylation is 2. The summed E-state index contributed by atoms with van der Waals surface area (Å²) in [5.41, 5.74) is 3.82. The Labute approximate surface area is 168 Å². The van der Waals surface area contributed by atoms with Gasteiger partial charge in [-0.15, -0.1) is 0 Å². The lowest BCUT2D eigenvalue weighted by Crippen LogP contribution is -2.30. The maximum atomic E-state index is 13.0. The molecule has 0 aliphatic heterocycles. The van der Waals surface area contributed by atoms with Crippen LogP contribution in [0.4, 0.5) is 0 Å². The number of hydrogen-bond donors (Lipinski definition) is 1. The summed E-state index contributed by atoms with van der Waals surface area (Å²) in [5, 5.41) is 4.28. The number of benzene rings is 2. The molecule has 0 radical (unpaired) electrons. The smallest absolute Gasteiger partial charge is 0.251 e. The zero-order chi connectivity index (χ0) is 19.7. The summed E-state index contributed by atoms with van der Waals surface area (Å²) >= 11 is 1.77. The Kier molecular flexibility index (Phi) is 5.13. The lowest BCUT2D eigenvalue weighted by molar-refractivity contribution is 0.0933. The van der Waals surface area contributed by atoms with Crippen molar-refractivity contribution < 1.29 is 4.79 Å². The molecule has 5 nitrogen and oxygen atoms in total. The van der Waals surface area contributed by atoms with Crippen molar-refractivity contribution in [3.8, 4) is 0 Å². The van der Waals surface area contributed by atoms with Gasteiger partial charge in [0, 0.05) is 36.8 Å². The van der Waals surface area contributed by atoms with E-state index in [0.717, 1.165) is 39.9 Å². The van der Waals surface area contributed by atoms with E-state index in [1.54, 1.807) is 11.8 Å². The lowest BCUT2D eigenvalue weighted by atomic mass is 10.1. The van der Waals surface area contributed by atoms with Gasteiger partial charge in [0.1, 0.15) is 5.82 Å². The van der Waals surface area contributed by atoms with E-state index in [-0.39, 0.29) is 11.9 Å². The highest BCUT2D eigenvalue weighted by molar-refractivity contribution is 7.98. The zero-order valence-electron chi connectivity index (χ0n) is 16.3. The maximum absolute atomic E-state index is 13.0. The molecule has 0 spiro atoms. The number of amides is 1. The highest BCUT2D eigenvalue weighted by Gasteiger charge is 2.21. The average molecular weight is 393 g/mol. The normalized spacial score (nSPS) is 12.5. The highest BCUT2D eigenvalue weighted by atomic mass is 32.2. The second-order valence-corrected chi connectivity index (χ2v) is 8.01. The summed E-state index contributed by atoms with van der Waals surface area (Å²) in [6.45, 7) is 0. The first kappa shape index (κ1) is 18.6. The molecule has 0 bridgehead atoms. The molecule has 144 valence electrons. The highest BCUT2D eigenvalue weighted by Crippen LogP contribution is 2.24. The lowest BCUT2D eigenvalue weighted by Gasteiger charge is -2.18. The molecule has 0 fully saturated rings. The zero-order valence-corrected chi connectivity index (χ0v) is 17.2. The van der Waals surface area contributed by atoms with Crippen molar-refractivity contribution in [3.63, 3.8) is 0 Å². The molecule has 4 aromatic rings. The Morgan fingerprint density at radius 3 is 2.75 bits per heavy atom. The van der Waals surface area contributed by atoms with Crippen LogP contribution in [-0.4, -0.2) is 32.0 Å². The largest absolute Gasteiger partial charge is 0.351 e. The summed E-state index contributed by atoms with van der Waals surface area (Å²) in [5.74, 6) is 1.78. The number of thioether (sulfide) groups is 1. The van der Waals surface area contributed by atoms with E-state index in [1.807, 2.05) is 62.8 Å². The number of hydrogen-bond acceptors (Lipinski definition) is 3. The average Bonchev–Trinajstić information content (AvgIpc) is 3.25. The van der Waals surface area contributed by atoms with Crippen LogP contribution in [0.3, 0.4) is 0 Å². The summed E-state index contributed by atoms with van der Waals surface area (Å²) in [6.07, 6.45) is 4.92. The monoisotopic (exact) mass is 392 g/mol. The van der Waals surface area contributed by atoms with Gasteiger partial charge in [0.15, 0.2) is 0 Å². The molecular formula is C22H24N4OS. The van der Waals surface area contributed by atoms with Gasteiger partial charge in [-0.05, 0) is 54.8 Å². The molecule has 0 saturated heterocycles. The first-order valence-electron chi connectivity index (χ1n) is 9.34. The summed E-state index contributed by atoms with van der Waals surface area (Å²) in [4.78, 5) is 17.8. The quantitative estimate of drug-likeness (QED) is 0.533. The van der Waals surface area contributed by atoms with Gasteiger partial charge in [0.2, 0.25) is 0 Å². The van der Waals surface area contributed by atoms with Crippen LogP contribution >= 0.6 is 11.8 Å². The Bertz CT molecular complexity index is 1140. The van der Waals surface area contributed by atoms with Gasteiger partial charge in [0.25, 0.3) is 5.91 Å². The van der Waals surface area contributed by atoms with Crippen LogP contribution in [0.2, 0.25) is 0 Å². The number of carbonyl (C=O) groups excluding carboxylic acids is 1. The van der Waals surface area contributed by atoms with Crippen molar-refractivity contribution in [1.29, 1.82) is 0 Å². The molecule has 0 unspecified atom stereocenters. The van der Waals surface area contributed by atoms with E-state index in [9.17, 15) is 4.79 Å². The van der Waals surface area contributed by atoms with E-state index in [4.69, 9.17) is 4.98 Å². The Hall–Kier alpha value is -2.73. The third-order valence-corrected chi connectivity index (χ3v) is 5.84. The third-order valence-electron chi connectivity index (χ3n) is 5.20. The van der Waals surface area contributed by atoms with Crippen molar-refractivity contribution in [2.75, 3.05) is 12.0 Å². The number of aromatic nitrogens is 3. The van der Waals surface area contributed by atoms with Crippen molar-refractivity contribution in [1.82, 2.24) is 19.4 Å². The SMILES string of the molecule is CSCC[C@@H](NC(=O)c1ccc2c(ccn2C)c1)c1nc2ccccc2n1C. The Morgan fingerprint density at radius 2 is 1.96 bits per heavy atom. The molecule has 1 amide bonds. The van der Waals surface area contributed by atoms with Crippen molar-refractivity contribution in [3.05, 3.63) is 66.1 Å². The molecule has 1 atom stereocenters. The van der Waals surface area contributed by atoms with Crippen LogP contribution in [0, 0.1) is 0 Å². The van der Waals surface area contributed by atoms with Crippen molar-refractivity contribution in [2.45, 2.75) is 12.5 Å². The molecule has 2 aromatic heterocycles. The van der Waals surface area contributed by atoms with E-state index in [2.05, 4.69) is 26.8 Å². The topological polar surface area (TPSA) is 51.9 Å². The van der Waals surface area contributed by atoms with Gasteiger partial charge in [-0.3, -0.25) is 4.79 Å². The predicted octanol–water partition coefficient (Wildman–Crippen LogP) is 4.29. The fraction of sp³-hybridized carbons (Fsp3) is 0.273. The van der Waals surface area contributed by atoms with E-state index in [0.29, 0.717) is 5.56 Å². The summed E-state index contributed by atoms with van der Waals surface area (Å²) in [6, 6.07) is 15.8. The first-order chi connectivity index (χ1) is 13.6. The molecule has 0 aliphatic carbocycles. The fourth-order valence-corrected chi connectivity index (χ4v) is 4.11. The van der Waals surface area contributed by atoms with Crippen LogP contribution in [-0.2, 0) is 14.1 Å². The number of rotatable bonds is 6. The second kappa shape index (κ2) is 7.72. The fourth-order valence-electron chi connectivity index (χ4n) is 3.64.